The lowest BCUT2D eigenvalue weighted by Crippen LogP contribution is -2.08. The summed E-state index contributed by atoms with van der Waals surface area (Å²) in [6.45, 7) is 2.46. The van der Waals surface area contributed by atoms with E-state index in [4.69, 9.17) is 16.3 Å². The predicted octanol–water partition coefficient (Wildman–Crippen LogP) is 2.23. The number of anilines is 1. The monoisotopic (exact) mass is 281 g/mol. The van der Waals surface area contributed by atoms with Gasteiger partial charge in [0.05, 0.1) is 6.33 Å². The molecule has 102 valence electrons. The van der Waals surface area contributed by atoms with E-state index >= 15 is 0 Å². The van der Waals surface area contributed by atoms with E-state index in [-0.39, 0.29) is 5.28 Å². The van der Waals surface area contributed by atoms with E-state index in [0.717, 1.165) is 37.6 Å². The minimum Gasteiger partial charge on any atom is -0.381 e. The number of nitrogens with one attached hydrogen (secondary N) is 2. The number of halogens is 1. The summed E-state index contributed by atoms with van der Waals surface area (Å²) in [6, 6.07) is 0. The van der Waals surface area contributed by atoms with Crippen molar-refractivity contribution in [1.82, 2.24) is 19.9 Å². The SMILES string of the molecule is Clc1nc(NCCCOCC2CC2)c2[nH]cnc2n1. The first-order chi connectivity index (χ1) is 9.33. The molecule has 2 N–H and O–H groups in total. The van der Waals surface area contributed by atoms with Gasteiger partial charge < -0.3 is 15.0 Å². The Bertz CT molecular complexity index is 554. The number of imidazole rings is 1. The van der Waals surface area contributed by atoms with Gasteiger partial charge in [0.25, 0.3) is 0 Å². The second-order valence-electron chi connectivity index (χ2n) is 4.74. The van der Waals surface area contributed by atoms with Gasteiger partial charge in [0.2, 0.25) is 5.28 Å². The van der Waals surface area contributed by atoms with E-state index in [1.807, 2.05) is 0 Å². The Morgan fingerprint density at radius 1 is 1.42 bits per heavy atom. The van der Waals surface area contributed by atoms with E-state index in [1.165, 1.54) is 12.8 Å². The number of aromatic amines is 1. The van der Waals surface area contributed by atoms with Crippen molar-refractivity contribution >= 4 is 28.6 Å². The summed E-state index contributed by atoms with van der Waals surface area (Å²) in [5.74, 6) is 1.51. The van der Waals surface area contributed by atoms with Gasteiger partial charge in [-0.15, -0.1) is 0 Å². The van der Waals surface area contributed by atoms with Gasteiger partial charge in [0, 0.05) is 19.8 Å². The molecule has 7 heteroatoms. The van der Waals surface area contributed by atoms with Crippen molar-refractivity contribution in [2.75, 3.05) is 25.1 Å². The number of nitrogens with zero attached hydrogens (tertiary/aromatic N) is 3. The summed E-state index contributed by atoms with van der Waals surface area (Å²) < 4.78 is 5.57. The van der Waals surface area contributed by atoms with Crippen LogP contribution < -0.4 is 5.32 Å². The number of ether oxygens (including phenoxy) is 1. The van der Waals surface area contributed by atoms with Crippen molar-refractivity contribution < 1.29 is 4.74 Å². The molecule has 6 nitrogen and oxygen atoms in total. The van der Waals surface area contributed by atoms with Crippen LogP contribution in [0.25, 0.3) is 11.2 Å². The van der Waals surface area contributed by atoms with Crippen molar-refractivity contribution in [3.05, 3.63) is 11.6 Å². The van der Waals surface area contributed by atoms with Crippen molar-refractivity contribution in [1.29, 1.82) is 0 Å². The van der Waals surface area contributed by atoms with Crippen molar-refractivity contribution in [3.63, 3.8) is 0 Å². The molecule has 0 saturated heterocycles. The van der Waals surface area contributed by atoms with Crippen LogP contribution in [0.5, 0.6) is 0 Å². The third kappa shape index (κ3) is 3.33. The highest BCUT2D eigenvalue weighted by Gasteiger charge is 2.20. The Hall–Kier alpha value is -1.40. The van der Waals surface area contributed by atoms with Crippen LogP contribution in [0.4, 0.5) is 5.82 Å². The summed E-state index contributed by atoms with van der Waals surface area (Å²) in [6.07, 6.45) is 5.18. The van der Waals surface area contributed by atoms with Gasteiger partial charge in [-0.25, -0.2) is 4.98 Å². The predicted molar refractivity (Wildman–Crippen MR) is 73.3 cm³/mol. The van der Waals surface area contributed by atoms with Gasteiger partial charge in [-0.2, -0.15) is 9.97 Å². The molecule has 0 bridgehead atoms. The molecule has 1 aliphatic rings. The summed E-state index contributed by atoms with van der Waals surface area (Å²) in [5.41, 5.74) is 1.36. The zero-order valence-electron chi connectivity index (χ0n) is 10.5. The van der Waals surface area contributed by atoms with Crippen molar-refractivity contribution in [2.24, 2.45) is 5.92 Å². The summed E-state index contributed by atoms with van der Waals surface area (Å²) in [4.78, 5) is 15.3. The molecule has 2 aromatic rings. The molecular weight excluding hydrogens is 266 g/mol. The fraction of sp³-hybridized carbons (Fsp3) is 0.583. The van der Waals surface area contributed by atoms with Crippen LogP contribution in [0, 0.1) is 5.92 Å². The molecule has 0 aliphatic heterocycles. The Morgan fingerprint density at radius 2 is 2.32 bits per heavy atom. The van der Waals surface area contributed by atoms with Crippen LogP contribution in [0.2, 0.25) is 5.28 Å². The first-order valence-electron chi connectivity index (χ1n) is 6.51. The zero-order chi connectivity index (χ0) is 13.1. The number of rotatable bonds is 7. The van der Waals surface area contributed by atoms with Crippen LogP contribution in [-0.4, -0.2) is 39.7 Å². The first kappa shape index (κ1) is 12.6. The van der Waals surface area contributed by atoms with E-state index in [0.29, 0.717) is 11.5 Å². The molecule has 0 spiro atoms. The standard InChI is InChI=1S/C12H16ClN5O/c13-12-17-10(9-11(18-12)16-7-15-9)14-4-1-5-19-6-8-2-3-8/h7-8H,1-6H2,(H2,14,15,16,17,18). The molecule has 2 aromatic heterocycles. The number of H-pyrrole nitrogens is 1. The second-order valence-corrected chi connectivity index (χ2v) is 5.08. The van der Waals surface area contributed by atoms with Gasteiger partial charge in [-0.05, 0) is 36.8 Å². The highest BCUT2D eigenvalue weighted by atomic mass is 35.5. The summed E-state index contributed by atoms with van der Waals surface area (Å²) in [5, 5.41) is 3.43. The van der Waals surface area contributed by atoms with Gasteiger partial charge >= 0.3 is 0 Å². The molecule has 1 aliphatic carbocycles. The van der Waals surface area contributed by atoms with Crippen LogP contribution in [0.3, 0.4) is 0 Å². The van der Waals surface area contributed by atoms with E-state index in [9.17, 15) is 0 Å². The van der Waals surface area contributed by atoms with Crippen LogP contribution in [0.15, 0.2) is 6.33 Å². The summed E-state index contributed by atoms with van der Waals surface area (Å²) in [7, 11) is 0. The molecule has 19 heavy (non-hydrogen) atoms. The third-order valence-electron chi connectivity index (χ3n) is 3.07. The fourth-order valence-electron chi connectivity index (χ4n) is 1.85. The van der Waals surface area contributed by atoms with Gasteiger partial charge in [-0.1, -0.05) is 0 Å². The largest absolute Gasteiger partial charge is 0.381 e. The minimum absolute atomic E-state index is 0.201. The van der Waals surface area contributed by atoms with Crippen molar-refractivity contribution in [3.8, 4) is 0 Å². The number of hydrogen-bond acceptors (Lipinski definition) is 5. The minimum atomic E-state index is 0.201. The highest BCUT2D eigenvalue weighted by Crippen LogP contribution is 2.28. The fourth-order valence-corrected chi connectivity index (χ4v) is 2.01. The highest BCUT2D eigenvalue weighted by molar-refractivity contribution is 6.28. The topological polar surface area (TPSA) is 75.7 Å². The molecular formula is C12H16ClN5O. The molecule has 1 fully saturated rings. The van der Waals surface area contributed by atoms with Crippen molar-refractivity contribution in [2.45, 2.75) is 19.3 Å². The molecule has 2 heterocycles. The Kier molecular flexibility index (Phi) is 3.79. The second kappa shape index (κ2) is 5.71. The lowest BCUT2D eigenvalue weighted by Gasteiger charge is -2.07. The molecule has 1 saturated carbocycles. The van der Waals surface area contributed by atoms with Crippen LogP contribution in [-0.2, 0) is 4.74 Å². The molecule has 0 unspecified atom stereocenters. The molecule has 0 atom stereocenters. The number of aromatic nitrogens is 4. The van der Waals surface area contributed by atoms with Gasteiger partial charge in [-0.3, -0.25) is 0 Å². The molecule has 0 amide bonds. The maximum Gasteiger partial charge on any atom is 0.226 e. The third-order valence-corrected chi connectivity index (χ3v) is 3.24. The summed E-state index contributed by atoms with van der Waals surface area (Å²) >= 11 is 5.84. The molecule has 3 rings (SSSR count). The Labute approximate surface area is 115 Å². The van der Waals surface area contributed by atoms with E-state index in [2.05, 4.69) is 25.3 Å². The van der Waals surface area contributed by atoms with Crippen LogP contribution >= 0.6 is 11.6 Å². The first-order valence-corrected chi connectivity index (χ1v) is 6.89. The number of fused-ring (bicyclic) bond motifs is 1. The quantitative estimate of drug-likeness (QED) is 0.601. The Morgan fingerprint density at radius 3 is 3.16 bits per heavy atom. The average Bonchev–Trinajstić information content (AvgIpc) is 3.09. The van der Waals surface area contributed by atoms with E-state index < -0.39 is 0 Å². The maximum absolute atomic E-state index is 5.84. The Balaban J connectivity index is 1.48. The molecule has 0 aromatic carbocycles. The smallest absolute Gasteiger partial charge is 0.226 e. The maximum atomic E-state index is 5.84. The van der Waals surface area contributed by atoms with Crippen LogP contribution in [0.1, 0.15) is 19.3 Å². The zero-order valence-corrected chi connectivity index (χ0v) is 11.3. The van der Waals surface area contributed by atoms with Gasteiger partial charge in [0.15, 0.2) is 11.5 Å². The molecule has 0 radical (unpaired) electrons. The average molecular weight is 282 g/mol. The lowest BCUT2D eigenvalue weighted by molar-refractivity contribution is 0.124. The normalized spacial score (nSPS) is 15.0. The number of hydrogen-bond donors (Lipinski definition) is 2. The van der Waals surface area contributed by atoms with Gasteiger partial charge in [0.1, 0.15) is 5.52 Å². The van der Waals surface area contributed by atoms with E-state index in [1.54, 1.807) is 6.33 Å². The lowest BCUT2D eigenvalue weighted by atomic mass is 10.4.